The summed E-state index contributed by atoms with van der Waals surface area (Å²) in [6, 6.07) is 3.59. The Morgan fingerprint density at radius 3 is 2.41 bits per heavy atom. The average molecular weight is 303 g/mol. The van der Waals surface area contributed by atoms with E-state index in [0.717, 1.165) is 10.0 Å². The van der Waals surface area contributed by atoms with Gasteiger partial charge in [0.2, 0.25) is 0 Å². The van der Waals surface area contributed by atoms with E-state index in [9.17, 15) is 4.79 Å². The molecule has 1 aromatic rings. The maximum atomic E-state index is 10.7. The monoisotopic (exact) mass is 302 g/mol. The molecule has 0 heterocycles. The maximum absolute atomic E-state index is 10.7. The van der Waals surface area contributed by atoms with Crippen LogP contribution in [0.25, 0.3) is 0 Å². The zero-order valence-electron chi connectivity index (χ0n) is 9.99. The molecular formula is C12H15BrO4. The normalized spacial score (nSPS) is 12.0. The van der Waals surface area contributed by atoms with Crippen LogP contribution in [0.1, 0.15) is 24.8 Å². The number of rotatable bonds is 5. The van der Waals surface area contributed by atoms with Crippen LogP contribution in [0.4, 0.5) is 0 Å². The predicted octanol–water partition coefficient (Wildman–Crippen LogP) is 3.04. The number of benzene rings is 1. The molecule has 1 N–H and O–H groups in total. The predicted molar refractivity (Wildman–Crippen MR) is 67.9 cm³/mol. The van der Waals surface area contributed by atoms with Gasteiger partial charge in [-0.3, -0.25) is 4.79 Å². The topological polar surface area (TPSA) is 55.8 Å². The van der Waals surface area contributed by atoms with E-state index < -0.39 is 5.97 Å². The Morgan fingerprint density at radius 2 is 1.94 bits per heavy atom. The van der Waals surface area contributed by atoms with Gasteiger partial charge in [-0.1, -0.05) is 6.92 Å². The molecule has 1 aromatic carbocycles. The smallest absolute Gasteiger partial charge is 0.303 e. The molecule has 17 heavy (non-hydrogen) atoms. The number of methoxy groups -OCH3 is 2. The standard InChI is InChI=1S/C12H15BrO4/c1-7(4-12(14)15)8-5-9(13)11(17-3)6-10(8)16-2/h5-7H,4H2,1-3H3,(H,14,15). The lowest BCUT2D eigenvalue weighted by Crippen LogP contribution is -2.05. The Bertz CT molecular complexity index is 417. The van der Waals surface area contributed by atoms with Gasteiger partial charge in [-0.05, 0) is 33.5 Å². The SMILES string of the molecule is COc1cc(OC)c(C(C)CC(=O)O)cc1Br. The van der Waals surface area contributed by atoms with Crippen molar-refractivity contribution in [1.29, 1.82) is 0 Å². The second kappa shape index (κ2) is 5.91. The minimum absolute atomic E-state index is 0.0646. The zero-order chi connectivity index (χ0) is 13.0. The van der Waals surface area contributed by atoms with E-state index in [2.05, 4.69) is 15.9 Å². The summed E-state index contributed by atoms with van der Waals surface area (Å²) in [4.78, 5) is 10.7. The van der Waals surface area contributed by atoms with Gasteiger partial charge in [-0.25, -0.2) is 0 Å². The molecule has 1 unspecified atom stereocenters. The van der Waals surface area contributed by atoms with E-state index in [1.807, 2.05) is 13.0 Å². The van der Waals surface area contributed by atoms with Crippen molar-refractivity contribution in [3.05, 3.63) is 22.2 Å². The van der Waals surface area contributed by atoms with E-state index in [1.165, 1.54) is 0 Å². The quantitative estimate of drug-likeness (QED) is 0.908. The lowest BCUT2D eigenvalue weighted by Gasteiger charge is -2.16. The second-order valence-electron chi connectivity index (χ2n) is 3.73. The van der Waals surface area contributed by atoms with Gasteiger partial charge in [-0.15, -0.1) is 0 Å². The largest absolute Gasteiger partial charge is 0.496 e. The van der Waals surface area contributed by atoms with Crippen molar-refractivity contribution < 1.29 is 19.4 Å². The first kappa shape index (κ1) is 13.8. The lowest BCUT2D eigenvalue weighted by molar-refractivity contribution is -0.137. The zero-order valence-corrected chi connectivity index (χ0v) is 11.6. The molecule has 0 aliphatic rings. The number of carbonyl (C=O) groups is 1. The van der Waals surface area contributed by atoms with Crippen molar-refractivity contribution in [2.24, 2.45) is 0 Å². The summed E-state index contributed by atoms with van der Waals surface area (Å²) in [6.07, 6.45) is 0.0646. The van der Waals surface area contributed by atoms with Crippen LogP contribution < -0.4 is 9.47 Å². The molecule has 4 nitrogen and oxygen atoms in total. The van der Waals surface area contributed by atoms with Crippen LogP contribution in [0.5, 0.6) is 11.5 Å². The van der Waals surface area contributed by atoms with Crippen LogP contribution in [-0.2, 0) is 4.79 Å². The number of hydrogen-bond acceptors (Lipinski definition) is 3. The molecule has 94 valence electrons. The summed E-state index contributed by atoms with van der Waals surface area (Å²) in [5.74, 6) is 0.350. The molecule has 5 heteroatoms. The molecule has 0 aromatic heterocycles. The highest BCUT2D eigenvalue weighted by Gasteiger charge is 2.17. The van der Waals surface area contributed by atoms with E-state index >= 15 is 0 Å². The minimum Gasteiger partial charge on any atom is -0.496 e. The molecule has 0 aliphatic carbocycles. The molecule has 0 spiro atoms. The van der Waals surface area contributed by atoms with Crippen molar-refractivity contribution in [1.82, 2.24) is 0 Å². The van der Waals surface area contributed by atoms with Gasteiger partial charge < -0.3 is 14.6 Å². The van der Waals surface area contributed by atoms with Gasteiger partial charge in [0.1, 0.15) is 11.5 Å². The highest BCUT2D eigenvalue weighted by molar-refractivity contribution is 9.10. The fourth-order valence-corrected chi connectivity index (χ4v) is 2.16. The van der Waals surface area contributed by atoms with E-state index in [-0.39, 0.29) is 12.3 Å². The summed E-state index contributed by atoms with van der Waals surface area (Å²) in [5.41, 5.74) is 0.850. The first-order chi connectivity index (χ1) is 7.99. The van der Waals surface area contributed by atoms with Crippen molar-refractivity contribution in [3.63, 3.8) is 0 Å². The summed E-state index contributed by atoms with van der Waals surface area (Å²) >= 11 is 3.38. The molecule has 1 atom stereocenters. The number of aliphatic carboxylic acids is 1. The van der Waals surface area contributed by atoms with Gasteiger partial charge in [0.05, 0.1) is 25.1 Å². The Hall–Kier alpha value is -1.23. The van der Waals surface area contributed by atoms with Crippen molar-refractivity contribution in [2.75, 3.05) is 14.2 Å². The first-order valence-corrected chi connectivity index (χ1v) is 5.92. The molecule has 0 saturated heterocycles. The summed E-state index contributed by atoms with van der Waals surface area (Å²) in [7, 11) is 3.12. The number of carboxylic acids is 1. The summed E-state index contributed by atoms with van der Waals surface area (Å²) in [5, 5.41) is 8.80. The first-order valence-electron chi connectivity index (χ1n) is 5.12. The van der Waals surface area contributed by atoms with Crippen molar-refractivity contribution in [3.8, 4) is 11.5 Å². The Kier molecular flexibility index (Phi) is 4.81. The van der Waals surface area contributed by atoms with E-state index in [1.54, 1.807) is 20.3 Å². The highest BCUT2D eigenvalue weighted by Crippen LogP contribution is 2.37. The van der Waals surface area contributed by atoms with Gasteiger partial charge >= 0.3 is 5.97 Å². The number of halogens is 1. The number of ether oxygens (including phenoxy) is 2. The third-order valence-corrected chi connectivity index (χ3v) is 3.14. The lowest BCUT2D eigenvalue weighted by atomic mass is 9.97. The Morgan fingerprint density at radius 1 is 1.35 bits per heavy atom. The highest BCUT2D eigenvalue weighted by atomic mass is 79.9. The van der Waals surface area contributed by atoms with Crippen LogP contribution in [-0.4, -0.2) is 25.3 Å². The van der Waals surface area contributed by atoms with Gasteiger partial charge in [0.15, 0.2) is 0 Å². The number of hydrogen-bond donors (Lipinski definition) is 1. The Labute approximate surface area is 109 Å². The van der Waals surface area contributed by atoms with Crippen LogP contribution in [0.15, 0.2) is 16.6 Å². The van der Waals surface area contributed by atoms with E-state index in [0.29, 0.717) is 11.5 Å². The summed E-state index contributed by atoms with van der Waals surface area (Å²) < 4.78 is 11.2. The molecule has 0 radical (unpaired) electrons. The molecule has 0 aliphatic heterocycles. The van der Waals surface area contributed by atoms with Crippen LogP contribution in [0, 0.1) is 0 Å². The fourth-order valence-electron chi connectivity index (χ4n) is 1.64. The third kappa shape index (κ3) is 3.36. The maximum Gasteiger partial charge on any atom is 0.303 e. The Balaban J connectivity index is 3.13. The molecule has 0 saturated carbocycles. The van der Waals surface area contributed by atoms with Crippen LogP contribution in [0.3, 0.4) is 0 Å². The van der Waals surface area contributed by atoms with Crippen molar-refractivity contribution in [2.45, 2.75) is 19.3 Å². The molecule has 0 fully saturated rings. The molecule has 1 rings (SSSR count). The van der Waals surface area contributed by atoms with Gasteiger partial charge in [-0.2, -0.15) is 0 Å². The number of carboxylic acid groups (broad SMARTS) is 1. The minimum atomic E-state index is -0.827. The second-order valence-corrected chi connectivity index (χ2v) is 4.58. The summed E-state index contributed by atoms with van der Waals surface area (Å²) in [6.45, 7) is 1.85. The van der Waals surface area contributed by atoms with Crippen LogP contribution >= 0.6 is 15.9 Å². The van der Waals surface area contributed by atoms with Gasteiger partial charge in [0, 0.05) is 6.07 Å². The third-order valence-electron chi connectivity index (χ3n) is 2.52. The molecular weight excluding hydrogens is 288 g/mol. The van der Waals surface area contributed by atoms with Crippen LogP contribution in [0.2, 0.25) is 0 Å². The molecule has 0 bridgehead atoms. The van der Waals surface area contributed by atoms with E-state index in [4.69, 9.17) is 14.6 Å². The van der Waals surface area contributed by atoms with Gasteiger partial charge in [0.25, 0.3) is 0 Å². The molecule has 0 amide bonds. The average Bonchev–Trinajstić information content (AvgIpc) is 2.27. The van der Waals surface area contributed by atoms with Crippen molar-refractivity contribution >= 4 is 21.9 Å². The fraction of sp³-hybridized carbons (Fsp3) is 0.417.